The fraction of sp³-hybridized carbons (Fsp3) is 0.467. The summed E-state index contributed by atoms with van der Waals surface area (Å²) in [5.41, 5.74) is 0.373. The molecular weight excluding hydrogens is 243 g/mol. The molecule has 0 saturated heterocycles. The van der Waals surface area contributed by atoms with Gasteiger partial charge in [0.2, 0.25) is 5.91 Å². The van der Waals surface area contributed by atoms with E-state index in [9.17, 15) is 9.18 Å². The van der Waals surface area contributed by atoms with Crippen LogP contribution < -0.4 is 0 Å². The third-order valence-electron chi connectivity index (χ3n) is 3.20. The molecule has 0 aromatic heterocycles. The summed E-state index contributed by atoms with van der Waals surface area (Å²) in [4.78, 5) is 13.6. The van der Waals surface area contributed by atoms with Crippen molar-refractivity contribution in [1.29, 1.82) is 5.26 Å². The molecule has 4 heteroatoms. The zero-order valence-corrected chi connectivity index (χ0v) is 11.4. The maximum absolute atomic E-state index is 13.6. The van der Waals surface area contributed by atoms with Gasteiger partial charge in [0.25, 0.3) is 0 Å². The van der Waals surface area contributed by atoms with E-state index < -0.39 is 5.92 Å². The molecule has 0 spiro atoms. The maximum atomic E-state index is 13.6. The largest absolute Gasteiger partial charge is 0.343 e. The Morgan fingerprint density at radius 2 is 2.00 bits per heavy atom. The van der Waals surface area contributed by atoms with Crippen molar-refractivity contribution in [3.8, 4) is 6.07 Å². The molecular formula is C15H19FN2O. The van der Waals surface area contributed by atoms with Gasteiger partial charge in [0, 0.05) is 25.1 Å². The van der Waals surface area contributed by atoms with Crippen molar-refractivity contribution < 1.29 is 9.18 Å². The molecule has 1 atom stereocenters. The highest BCUT2D eigenvalue weighted by Crippen LogP contribution is 2.23. The second kappa shape index (κ2) is 7.52. The Morgan fingerprint density at radius 3 is 2.53 bits per heavy atom. The average Bonchev–Trinajstić information content (AvgIpc) is 2.42. The Labute approximate surface area is 113 Å². The molecule has 0 N–H and O–H groups in total. The summed E-state index contributed by atoms with van der Waals surface area (Å²) >= 11 is 0. The third kappa shape index (κ3) is 4.06. The predicted molar refractivity (Wildman–Crippen MR) is 71.9 cm³/mol. The van der Waals surface area contributed by atoms with Crippen LogP contribution in [0.15, 0.2) is 24.3 Å². The number of rotatable bonds is 6. The summed E-state index contributed by atoms with van der Waals surface area (Å²) in [7, 11) is 0. The van der Waals surface area contributed by atoms with E-state index in [1.165, 1.54) is 6.07 Å². The van der Waals surface area contributed by atoms with Gasteiger partial charge in [-0.3, -0.25) is 4.79 Å². The lowest BCUT2D eigenvalue weighted by Gasteiger charge is -2.19. The molecule has 1 amide bonds. The van der Waals surface area contributed by atoms with Gasteiger partial charge in [-0.2, -0.15) is 5.26 Å². The van der Waals surface area contributed by atoms with E-state index >= 15 is 0 Å². The van der Waals surface area contributed by atoms with Crippen LogP contribution in [-0.2, 0) is 4.79 Å². The Hall–Kier alpha value is -1.89. The number of carbonyl (C=O) groups is 1. The van der Waals surface area contributed by atoms with Crippen LogP contribution in [0, 0.1) is 17.1 Å². The van der Waals surface area contributed by atoms with Crippen LogP contribution in [-0.4, -0.2) is 23.9 Å². The second-order valence-electron chi connectivity index (χ2n) is 4.31. The van der Waals surface area contributed by atoms with E-state index in [4.69, 9.17) is 5.26 Å². The first-order valence-electron chi connectivity index (χ1n) is 6.55. The number of benzene rings is 1. The van der Waals surface area contributed by atoms with Crippen molar-refractivity contribution in [1.82, 2.24) is 4.90 Å². The summed E-state index contributed by atoms with van der Waals surface area (Å²) in [6.07, 6.45) is 0.626. The van der Waals surface area contributed by atoms with E-state index in [0.29, 0.717) is 25.1 Å². The average molecular weight is 262 g/mol. The Morgan fingerprint density at radius 1 is 1.37 bits per heavy atom. The van der Waals surface area contributed by atoms with E-state index in [0.717, 1.165) is 0 Å². The van der Waals surface area contributed by atoms with Crippen molar-refractivity contribution in [3.05, 3.63) is 35.6 Å². The van der Waals surface area contributed by atoms with Crippen molar-refractivity contribution in [2.24, 2.45) is 0 Å². The van der Waals surface area contributed by atoms with Crippen LogP contribution in [0.25, 0.3) is 0 Å². The lowest BCUT2D eigenvalue weighted by atomic mass is 9.95. The zero-order chi connectivity index (χ0) is 14.3. The SMILES string of the molecule is CCN(CC)C(=O)CCC(C#N)c1ccccc1F. The minimum absolute atomic E-state index is 0.0154. The summed E-state index contributed by atoms with van der Waals surface area (Å²) < 4.78 is 13.6. The molecule has 0 aliphatic heterocycles. The lowest BCUT2D eigenvalue weighted by Crippen LogP contribution is -2.30. The first-order chi connectivity index (χ1) is 9.13. The summed E-state index contributed by atoms with van der Waals surface area (Å²) in [5, 5.41) is 9.13. The first-order valence-corrected chi connectivity index (χ1v) is 6.55. The highest BCUT2D eigenvalue weighted by molar-refractivity contribution is 5.76. The molecule has 102 valence electrons. The van der Waals surface area contributed by atoms with Gasteiger partial charge < -0.3 is 4.90 Å². The van der Waals surface area contributed by atoms with Gasteiger partial charge in [0.1, 0.15) is 5.82 Å². The maximum Gasteiger partial charge on any atom is 0.222 e. The molecule has 0 radical (unpaired) electrons. The smallest absolute Gasteiger partial charge is 0.222 e. The molecule has 0 aliphatic carbocycles. The van der Waals surface area contributed by atoms with Crippen LogP contribution in [0.4, 0.5) is 4.39 Å². The molecule has 0 saturated carbocycles. The number of hydrogen-bond donors (Lipinski definition) is 0. The van der Waals surface area contributed by atoms with Gasteiger partial charge >= 0.3 is 0 Å². The number of nitriles is 1. The molecule has 1 rings (SSSR count). The fourth-order valence-corrected chi connectivity index (χ4v) is 2.05. The Balaban J connectivity index is 2.67. The molecule has 1 unspecified atom stereocenters. The van der Waals surface area contributed by atoms with Crippen molar-refractivity contribution >= 4 is 5.91 Å². The summed E-state index contributed by atoms with van der Waals surface area (Å²) in [5.74, 6) is -0.938. The molecule has 1 aromatic rings. The van der Waals surface area contributed by atoms with Gasteiger partial charge in [0.05, 0.1) is 12.0 Å². The molecule has 0 aliphatic rings. The minimum atomic E-state index is -0.569. The van der Waals surface area contributed by atoms with Gasteiger partial charge in [-0.25, -0.2) is 4.39 Å². The van der Waals surface area contributed by atoms with Crippen molar-refractivity contribution in [2.75, 3.05) is 13.1 Å². The Kier molecular flexibility index (Phi) is 6.01. The molecule has 0 heterocycles. The molecule has 19 heavy (non-hydrogen) atoms. The quantitative estimate of drug-likeness (QED) is 0.790. The zero-order valence-electron chi connectivity index (χ0n) is 11.4. The molecule has 3 nitrogen and oxygen atoms in total. The molecule has 0 bridgehead atoms. The molecule has 1 aromatic carbocycles. The first kappa shape index (κ1) is 15.2. The van der Waals surface area contributed by atoms with Gasteiger partial charge in [-0.15, -0.1) is 0 Å². The topological polar surface area (TPSA) is 44.1 Å². The number of nitrogens with zero attached hydrogens (tertiary/aromatic N) is 2. The van der Waals surface area contributed by atoms with Crippen molar-refractivity contribution in [3.63, 3.8) is 0 Å². The van der Waals surface area contributed by atoms with E-state index in [-0.39, 0.29) is 18.1 Å². The predicted octanol–water partition coefficient (Wildman–Crippen LogP) is 3.08. The van der Waals surface area contributed by atoms with Gasteiger partial charge in [-0.1, -0.05) is 18.2 Å². The van der Waals surface area contributed by atoms with Crippen LogP contribution >= 0.6 is 0 Å². The second-order valence-corrected chi connectivity index (χ2v) is 4.31. The van der Waals surface area contributed by atoms with Gasteiger partial charge in [-0.05, 0) is 26.3 Å². The number of amides is 1. The van der Waals surface area contributed by atoms with E-state index in [1.807, 2.05) is 13.8 Å². The van der Waals surface area contributed by atoms with Crippen LogP contribution in [0.2, 0.25) is 0 Å². The standard InChI is InChI=1S/C15H19FN2O/c1-3-18(4-2)15(19)10-9-12(11-17)13-7-5-6-8-14(13)16/h5-8,12H,3-4,9-10H2,1-2H3. The normalized spacial score (nSPS) is 11.7. The molecule has 0 fully saturated rings. The van der Waals surface area contributed by atoms with Gasteiger partial charge in [0.15, 0.2) is 0 Å². The highest BCUT2D eigenvalue weighted by Gasteiger charge is 2.18. The Bertz CT molecular complexity index is 463. The van der Waals surface area contributed by atoms with E-state index in [1.54, 1.807) is 23.1 Å². The minimum Gasteiger partial charge on any atom is -0.343 e. The van der Waals surface area contributed by atoms with Crippen LogP contribution in [0.5, 0.6) is 0 Å². The van der Waals surface area contributed by atoms with Crippen LogP contribution in [0.1, 0.15) is 38.2 Å². The van der Waals surface area contributed by atoms with E-state index in [2.05, 4.69) is 6.07 Å². The number of hydrogen-bond acceptors (Lipinski definition) is 2. The third-order valence-corrected chi connectivity index (χ3v) is 3.20. The number of halogens is 1. The highest BCUT2D eigenvalue weighted by atomic mass is 19.1. The van der Waals surface area contributed by atoms with Crippen molar-refractivity contribution in [2.45, 2.75) is 32.6 Å². The monoisotopic (exact) mass is 262 g/mol. The lowest BCUT2D eigenvalue weighted by molar-refractivity contribution is -0.130. The summed E-state index contributed by atoms with van der Waals surface area (Å²) in [6, 6.07) is 8.32. The van der Waals surface area contributed by atoms with Crippen LogP contribution in [0.3, 0.4) is 0 Å². The summed E-state index contributed by atoms with van der Waals surface area (Å²) in [6.45, 7) is 5.15. The fourth-order valence-electron chi connectivity index (χ4n) is 2.05. The number of carbonyl (C=O) groups excluding carboxylic acids is 1.